The van der Waals surface area contributed by atoms with Gasteiger partial charge >= 0.3 is 12.1 Å². The van der Waals surface area contributed by atoms with E-state index in [1.165, 1.54) is 4.90 Å². The van der Waals surface area contributed by atoms with Crippen LogP contribution in [0.3, 0.4) is 0 Å². The second-order valence-corrected chi connectivity index (χ2v) is 10.6. The number of halogens is 4. The van der Waals surface area contributed by atoms with Crippen molar-refractivity contribution in [2.24, 2.45) is 4.99 Å². The van der Waals surface area contributed by atoms with Crippen LogP contribution in [0.2, 0.25) is 4.34 Å². The Morgan fingerprint density at radius 3 is 2.50 bits per heavy atom. The average Bonchev–Trinajstić information content (AvgIpc) is 3.67. The van der Waals surface area contributed by atoms with Crippen LogP contribution < -0.4 is 15.4 Å². The number of amidine groups is 1. The van der Waals surface area contributed by atoms with E-state index in [4.69, 9.17) is 26.2 Å². The zero-order valence-corrected chi connectivity index (χ0v) is 23.3. The Morgan fingerprint density at radius 1 is 1.17 bits per heavy atom. The highest BCUT2D eigenvalue weighted by Gasteiger charge is 2.39. The molecule has 3 heterocycles. The van der Waals surface area contributed by atoms with Crippen LogP contribution in [0.25, 0.3) is 0 Å². The third-order valence-corrected chi connectivity index (χ3v) is 7.15. The van der Waals surface area contributed by atoms with Gasteiger partial charge in [-0.25, -0.2) is 4.79 Å². The van der Waals surface area contributed by atoms with Crippen molar-refractivity contribution in [3.05, 3.63) is 80.5 Å². The summed E-state index contributed by atoms with van der Waals surface area (Å²) in [4.78, 5) is 53.8. The van der Waals surface area contributed by atoms with Crippen molar-refractivity contribution in [2.45, 2.75) is 25.7 Å². The van der Waals surface area contributed by atoms with Crippen molar-refractivity contribution in [3.63, 3.8) is 0 Å². The zero-order valence-electron chi connectivity index (χ0n) is 21.7. The Labute approximate surface area is 245 Å². The maximum atomic E-state index is 13.3. The second kappa shape index (κ2) is 12.6. The summed E-state index contributed by atoms with van der Waals surface area (Å²) in [6, 6.07) is 15.3. The summed E-state index contributed by atoms with van der Waals surface area (Å²) in [7, 11) is 0. The molecule has 2 aliphatic heterocycles. The number of nitrogens with one attached hydrogen (secondary N) is 2. The van der Waals surface area contributed by atoms with Crippen molar-refractivity contribution < 1.29 is 42.2 Å². The van der Waals surface area contributed by atoms with E-state index in [2.05, 4.69) is 15.6 Å². The van der Waals surface area contributed by atoms with Crippen LogP contribution >= 0.6 is 22.9 Å². The van der Waals surface area contributed by atoms with Crippen LogP contribution in [0.1, 0.15) is 42.9 Å². The summed E-state index contributed by atoms with van der Waals surface area (Å²) in [6.07, 6.45) is -5.32. The molecule has 0 bridgehead atoms. The van der Waals surface area contributed by atoms with Gasteiger partial charge in [0.05, 0.1) is 39.1 Å². The number of aliphatic imine (C=N–C) groups is 1. The summed E-state index contributed by atoms with van der Waals surface area (Å²) in [5.41, 5.74) is 1.46. The molecule has 42 heavy (non-hydrogen) atoms. The molecule has 10 nitrogen and oxygen atoms in total. The first kappa shape index (κ1) is 30.5. The van der Waals surface area contributed by atoms with Gasteiger partial charge < -0.3 is 20.5 Å². The largest absolute Gasteiger partial charge is 0.490 e. The smallest absolute Gasteiger partial charge is 0.483 e. The van der Waals surface area contributed by atoms with Crippen molar-refractivity contribution in [1.29, 1.82) is 0 Å². The van der Waals surface area contributed by atoms with Gasteiger partial charge in [-0.1, -0.05) is 29.8 Å². The number of anilines is 1. The number of aliphatic carboxylic acids is 1. The predicted molar refractivity (Wildman–Crippen MR) is 148 cm³/mol. The molecule has 220 valence electrons. The van der Waals surface area contributed by atoms with Gasteiger partial charge in [-0.3, -0.25) is 24.3 Å². The highest BCUT2D eigenvalue weighted by atomic mass is 35.5. The SMILES string of the molecule is CC(Oc1cccc(CN2C(=O)c3cccc(NC(=O)c4ccc(Cl)s4)c3C2=O)c1)C1=NCCN1.O=C(O)C(F)(F)F. The lowest BCUT2D eigenvalue weighted by molar-refractivity contribution is -0.192. The minimum Gasteiger partial charge on any atom is -0.483 e. The Hall–Kier alpha value is -4.43. The molecule has 5 rings (SSSR count). The zero-order chi connectivity index (χ0) is 30.6. The lowest BCUT2D eigenvalue weighted by Crippen LogP contribution is -2.33. The summed E-state index contributed by atoms with van der Waals surface area (Å²) in [5, 5.41) is 13.1. The highest BCUT2D eigenvalue weighted by Crippen LogP contribution is 2.32. The fourth-order valence-electron chi connectivity index (χ4n) is 4.05. The minimum absolute atomic E-state index is 0.0744. The summed E-state index contributed by atoms with van der Waals surface area (Å²) >= 11 is 7.06. The van der Waals surface area contributed by atoms with Gasteiger partial charge in [0.1, 0.15) is 11.6 Å². The Bertz CT molecular complexity index is 1580. The first-order chi connectivity index (χ1) is 19.8. The monoisotopic (exact) mass is 622 g/mol. The van der Waals surface area contributed by atoms with Gasteiger partial charge in [0, 0.05) is 6.54 Å². The molecular formula is C27H22ClF3N4O6S. The fraction of sp³-hybridized carbons (Fsp3) is 0.222. The van der Waals surface area contributed by atoms with Crippen molar-refractivity contribution in [1.82, 2.24) is 10.2 Å². The molecule has 1 aromatic heterocycles. The number of benzene rings is 2. The van der Waals surface area contributed by atoms with E-state index in [9.17, 15) is 27.6 Å². The number of hydrogen-bond donors (Lipinski definition) is 3. The maximum Gasteiger partial charge on any atom is 0.490 e. The molecule has 1 unspecified atom stereocenters. The third kappa shape index (κ3) is 7.06. The number of carboxylic acids is 1. The maximum absolute atomic E-state index is 13.3. The molecule has 2 aliphatic rings. The highest BCUT2D eigenvalue weighted by molar-refractivity contribution is 7.18. The van der Waals surface area contributed by atoms with Crippen LogP contribution in [-0.2, 0) is 11.3 Å². The van der Waals surface area contributed by atoms with E-state index in [1.807, 2.05) is 25.1 Å². The predicted octanol–water partition coefficient (Wildman–Crippen LogP) is 4.85. The Balaban J connectivity index is 0.000000517. The molecular weight excluding hydrogens is 601 g/mol. The number of imide groups is 1. The summed E-state index contributed by atoms with van der Waals surface area (Å²) in [5.74, 6) is -2.61. The molecule has 3 amide bonds. The van der Waals surface area contributed by atoms with Gasteiger partial charge in [-0.05, 0) is 48.9 Å². The van der Waals surface area contributed by atoms with Crippen molar-refractivity contribution in [2.75, 3.05) is 18.4 Å². The molecule has 0 saturated carbocycles. The molecule has 0 spiro atoms. The number of nitrogens with zero attached hydrogens (tertiary/aromatic N) is 2. The molecule has 0 radical (unpaired) electrons. The van der Waals surface area contributed by atoms with Crippen LogP contribution in [0.15, 0.2) is 59.6 Å². The van der Waals surface area contributed by atoms with Crippen LogP contribution in [0.5, 0.6) is 5.75 Å². The number of carbonyl (C=O) groups excluding carboxylic acids is 3. The van der Waals surface area contributed by atoms with E-state index >= 15 is 0 Å². The van der Waals surface area contributed by atoms with Gasteiger partial charge in [-0.15, -0.1) is 11.3 Å². The number of thiophene rings is 1. The number of alkyl halides is 3. The number of hydrogen-bond acceptors (Lipinski definition) is 8. The molecule has 2 aromatic carbocycles. The summed E-state index contributed by atoms with van der Waals surface area (Å²) in [6.45, 7) is 3.51. The minimum atomic E-state index is -5.08. The Morgan fingerprint density at radius 2 is 1.88 bits per heavy atom. The standard InChI is InChI=1S/C25H21ClN4O4S.C2HF3O2/c1-14(22-27-10-11-28-22)34-16-5-2-4-15(12-16)13-30-24(32)17-6-3-7-18(21(17)25(30)33)29-23(31)19-8-9-20(26)35-19;3-2(4,5)1(6)7/h2-9,12,14H,10-11,13H2,1H3,(H,27,28)(H,29,31);(H,6,7). The lowest BCUT2D eigenvalue weighted by atomic mass is 10.1. The molecule has 0 saturated heterocycles. The quantitative estimate of drug-likeness (QED) is 0.320. The number of rotatable bonds is 7. The number of carboxylic acid groups (broad SMARTS) is 1. The molecule has 1 atom stereocenters. The van der Waals surface area contributed by atoms with Gasteiger partial charge in [-0.2, -0.15) is 13.2 Å². The third-order valence-electron chi connectivity index (χ3n) is 5.92. The Kier molecular flexibility index (Phi) is 9.17. The van der Waals surface area contributed by atoms with Crippen LogP contribution in [0.4, 0.5) is 18.9 Å². The number of ether oxygens (including phenoxy) is 1. The van der Waals surface area contributed by atoms with E-state index in [0.29, 0.717) is 15.0 Å². The van der Waals surface area contributed by atoms with Crippen molar-refractivity contribution >= 4 is 58.2 Å². The van der Waals surface area contributed by atoms with Gasteiger partial charge in [0.2, 0.25) is 0 Å². The molecule has 15 heteroatoms. The van der Waals surface area contributed by atoms with E-state index in [-0.39, 0.29) is 29.5 Å². The van der Waals surface area contributed by atoms with E-state index in [1.54, 1.807) is 36.4 Å². The molecule has 0 fully saturated rings. The van der Waals surface area contributed by atoms with E-state index in [0.717, 1.165) is 35.8 Å². The molecule has 3 N–H and O–H groups in total. The fourth-order valence-corrected chi connectivity index (χ4v) is 4.99. The van der Waals surface area contributed by atoms with Gasteiger partial charge in [0.15, 0.2) is 6.10 Å². The summed E-state index contributed by atoms with van der Waals surface area (Å²) < 4.78 is 38.2. The van der Waals surface area contributed by atoms with E-state index < -0.39 is 29.9 Å². The lowest BCUT2D eigenvalue weighted by Gasteiger charge is -2.17. The normalized spacial score (nSPS) is 14.8. The molecule has 0 aliphatic carbocycles. The van der Waals surface area contributed by atoms with Crippen LogP contribution in [-0.4, -0.2) is 64.9 Å². The van der Waals surface area contributed by atoms with Crippen molar-refractivity contribution in [3.8, 4) is 5.75 Å². The van der Waals surface area contributed by atoms with Gasteiger partial charge in [0.25, 0.3) is 17.7 Å². The topological polar surface area (TPSA) is 137 Å². The first-order valence-electron chi connectivity index (χ1n) is 12.2. The second-order valence-electron chi connectivity index (χ2n) is 8.89. The average molecular weight is 623 g/mol. The number of amides is 3. The van der Waals surface area contributed by atoms with Crippen LogP contribution in [0, 0.1) is 0 Å². The number of carbonyl (C=O) groups is 4. The number of fused-ring (bicyclic) bond motifs is 1. The first-order valence-corrected chi connectivity index (χ1v) is 13.4. The molecule has 3 aromatic rings.